The van der Waals surface area contributed by atoms with Crippen molar-refractivity contribution >= 4 is 32.4 Å². The molecule has 1 N–H and O–H groups in total. The lowest BCUT2D eigenvalue weighted by Crippen LogP contribution is -2.36. The zero-order valence-electron chi connectivity index (χ0n) is 19.9. The summed E-state index contributed by atoms with van der Waals surface area (Å²) in [5.74, 6) is 2.01. The fourth-order valence-electron chi connectivity index (χ4n) is 4.51. The topological polar surface area (TPSA) is 84.4 Å². The molecule has 0 radical (unpaired) electrons. The standard InChI is InChI=1S/C29H24N4O3S/c34-37(35,26-12-10-25(11-13-26)36-24-7-2-1-3-8-24)33-17-15-27-22(20-33)14-16-30-29(27)32-23-18-21-6-4-5-9-28(21)31-19-23/h1-14,16,18-19H,15,17,20H2,(H,30,32). The maximum Gasteiger partial charge on any atom is 0.243 e. The summed E-state index contributed by atoms with van der Waals surface area (Å²) in [6, 6.07) is 27.8. The van der Waals surface area contributed by atoms with Crippen LogP contribution in [0.1, 0.15) is 11.1 Å². The van der Waals surface area contributed by atoms with Gasteiger partial charge in [0.25, 0.3) is 0 Å². The summed E-state index contributed by atoms with van der Waals surface area (Å²) in [7, 11) is -3.66. The van der Waals surface area contributed by atoms with Crippen LogP contribution in [-0.2, 0) is 23.0 Å². The monoisotopic (exact) mass is 508 g/mol. The Morgan fingerprint density at radius 3 is 2.43 bits per heavy atom. The highest BCUT2D eigenvalue weighted by atomic mass is 32.2. The van der Waals surface area contributed by atoms with Crippen molar-refractivity contribution in [2.45, 2.75) is 17.9 Å². The van der Waals surface area contributed by atoms with Gasteiger partial charge in [-0.05, 0) is 66.6 Å². The summed E-state index contributed by atoms with van der Waals surface area (Å²) in [4.78, 5) is 9.29. The molecule has 3 heterocycles. The molecule has 0 saturated heterocycles. The van der Waals surface area contributed by atoms with E-state index in [1.807, 2.05) is 66.7 Å². The second-order valence-electron chi connectivity index (χ2n) is 8.81. The van der Waals surface area contributed by atoms with Crippen LogP contribution in [0.4, 0.5) is 11.5 Å². The van der Waals surface area contributed by atoms with Crippen molar-refractivity contribution in [1.82, 2.24) is 14.3 Å². The van der Waals surface area contributed by atoms with E-state index in [-0.39, 0.29) is 11.4 Å². The molecular weight excluding hydrogens is 484 g/mol. The van der Waals surface area contributed by atoms with Gasteiger partial charge in [-0.15, -0.1) is 0 Å². The van der Waals surface area contributed by atoms with E-state index in [0.29, 0.717) is 24.5 Å². The summed E-state index contributed by atoms with van der Waals surface area (Å²) in [5.41, 5.74) is 3.72. The average molecular weight is 509 g/mol. The number of fused-ring (bicyclic) bond motifs is 2. The van der Waals surface area contributed by atoms with Gasteiger partial charge in [0.05, 0.1) is 22.3 Å². The van der Waals surface area contributed by atoms with Crippen LogP contribution >= 0.6 is 0 Å². The largest absolute Gasteiger partial charge is 0.457 e. The van der Waals surface area contributed by atoms with E-state index in [0.717, 1.165) is 33.5 Å². The number of pyridine rings is 2. The van der Waals surface area contributed by atoms with Crippen LogP contribution in [0.5, 0.6) is 11.5 Å². The molecule has 7 nitrogen and oxygen atoms in total. The molecule has 0 fully saturated rings. The van der Waals surface area contributed by atoms with Crippen LogP contribution in [0.3, 0.4) is 0 Å². The van der Waals surface area contributed by atoms with Crippen LogP contribution in [-0.4, -0.2) is 29.2 Å². The highest BCUT2D eigenvalue weighted by molar-refractivity contribution is 7.89. The van der Waals surface area contributed by atoms with Crippen molar-refractivity contribution in [2.75, 3.05) is 11.9 Å². The first-order valence-electron chi connectivity index (χ1n) is 12.0. The van der Waals surface area contributed by atoms with E-state index < -0.39 is 10.0 Å². The molecule has 3 aromatic carbocycles. The predicted octanol–water partition coefficient (Wildman–Crippen LogP) is 5.91. The van der Waals surface area contributed by atoms with Gasteiger partial charge in [-0.2, -0.15) is 4.31 Å². The lowest BCUT2D eigenvalue weighted by Gasteiger charge is -2.29. The van der Waals surface area contributed by atoms with Crippen LogP contribution in [0, 0.1) is 0 Å². The smallest absolute Gasteiger partial charge is 0.243 e. The molecule has 0 atom stereocenters. The molecule has 0 spiro atoms. The first-order chi connectivity index (χ1) is 18.1. The first kappa shape index (κ1) is 23.1. The van der Waals surface area contributed by atoms with Crippen LogP contribution in [0.25, 0.3) is 10.9 Å². The molecule has 0 aliphatic carbocycles. The molecule has 8 heteroatoms. The minimum atomic E-state index is -3.66. The predicted molar refractivity (Wildman–Crippen MR) is 144 cm³/mol. The number of benzene rings is 3. The maximum absolute atomic E-state index is 13.4. The molecular formula is C29H24N4O3S. The third-order valence-corrected chi connectivity index (χ3v) is 8.26. The minimum Gasteiger partial charge on any atom is -0.457 e. The van der Waals surface area contributed by atoms with Gasteiger partial charge in [-0.1, -0.05) is 36.4 Å². The van der Waals surface area contributed by atoms with Gasteiger partial charge in [-0.3, -0.25) is 4.98 Å². The van der Waals surface area contributed by atoms with Gasteiger partial charge in [-0.25, -0.2) is 13.4 Å². The highest BCUT2D eigenvalue weighted by Crippen LogP contribution is 2.31. The Morgan fingerprint density at radius 2 is 1.59 bits per heavy atom. The molecule has 37 heavy (non-hydrogen) atoms. The van der Waals surface area contributed by atoms with Crippen molar-refractivity contribution in [3.63, 3.8) is 0 Å². The van der Waals surface area contributed by atoms with Gasteiger partial charge in [0.15, 0.2) is 0 Å². The average Bonchev–Trinajstić information content (AvgIpc) is 2.94. The third-order valence-electron chi connectivity index (χ3n) is 6.40. The Morgan fingerprint density at radius 1 is 0.838 bits per heavy atom. The number of para-hydroxylation sites is 2. The number of aromatic nitrogens is 2. The number of rotatable bonds is 6. The Kier molecular flexibility index (Phi) is 6.04. The lowest BCUT2D eigenvalue weighted by molar-refractivity contribution is 0.391. The normalized spacial score (nSPS) is 13.7. The van der Waals surface area contributed by atoms with Crippen LogP contribution < -0.4 is 10.1 Å². The molecule has 184 valence electrons. The number of ether oxygens (including phenoxy) is 1. The zero-order chi connectivity index (χ0) is 25.2. The second-order valence-corrected chi connectivity index (χ2v) is 10.8. The molecule has 0 unspecified atom stereocenters. The Labute approximate surface area is 215 Å². The van der Waals surface area contributed by atoms with Gasteiger partial charge in [0, 0.05) is 30.2 Å². The fraction of sp³-hybridized carbons (Fsp3) is 0.103. The van der Waals surface area contributed by atoms with E-state index in [2.05, 4.69) is 15.3 Å². The van der Waals surface area contributed by atoms with Crippen molar-refractivity contribution in [1.29, 1.82) is 0 Å². The van der Waals surface area contributed by atoms with E-state index in [9.17, 15) is 8.42 Å². The Balaban J connectivity index is 1.20. The number of hydrogen-bond acceptors (Lipinski definition) is 6. The summed E-state index contributed by atoms with van der Waals surface area (Å²) in [6.45, 7) is 0.654. The van der Waals surface area contributed by atoms with E-state index in [1.54, 1.807) is 36.7 Å². The van der Waals surface area contributed by atoms with E-state index in [1.165, 1.54) is 4.31 Å². The van der Waals surface area contributed by atoms with Crippen molar-refractivity contribution in [2.24, 2.45) is 0 Å². The Bertz CT molecular complexity index is 1670. The van der Waals surface area contributed by atoms with Crippen LogP contribution in [0.15, 0.2) is 108 Å². The SMILES string of the molecule is O=S(=O)(c1ccc(Oc2ccccc2)cc1)N1CCc2c(ccnc2Nc2cnc3ccccc3c2)C1. The molecule has 1 aliphatic rings. The number of anilines is 2. The maximum atomic E-state index is 13.4. The molecule has 2 aromatic heterocycles. The molecule has 1 aliphatic heterocycles. The first-order valence-corrected chi connectivity index (χ1v) is 13.4. The number of sulfonamides is 1. The number of nitrogens with one attached hydrogen (secondary N) is 1. The number of nitrogens with zero attached hydrogens (tertiary/aromatic N) is 3. The summed E-state index contributed by atoms with van der Waals surface area (Å²) in [5, 5.41) is 4.42. The van der Waals surface area contributed by atoms with Crippen LogP contribution in [0.2, 0.25) is 0 Å². The van der Waals surface area contributed by atoms with Gasteiger partial charge in [0.2, 0.25) is 10.0 Å². The summed E-state index contributed by atoms with van der Waals surface area (Å²) < 4.78 is 34.1. The molecule has 5 aromatic rings. The summed E-state index contributed by atoms with van der Waals surface area (Å²) >= 11 is 0. The van der Waals surface area contributed by atoms with Crippen molar-refractivity contribution in [3.05, 3.63) is 115 Å². The van der Waals surface area contributed by atoms with Crippen molar-refractivity contribution in [3.8, 4) is 11.5 Å². The zero-order valence-corrected chi connectivity index (χ0v) is 20.7. The van der Waals surface area contributed by atoms with Gasteiger partial charge in [0.1, 0.15) is 17.3 Å². The highest BCUT2D eigenvalue weighted by Gasteiger charge is 2.29. The fourth-order valence-corrected chi connectivity index (χ4v) is 5.93. The molecule has 0 amide bonds. The molecule has 6 rings (SSSR count). The number of hydrogen-bond donors (Lipinski definition) is 1. The van der Waals surface area contributed by atoms with E-state index in [4.69, 9.17) is 4.74 Å². The van der Waals surface area contributed by atoms with Crippen molar-refractivity contribution < 1.29 is 13.2 Å². The minimum absolute atomic E-state index is 0.242. The lowest BCUT2D eigenvalue weighted by atomic mass is 10.0. The molecule has 0 saturated carbocycles. The van der Waals surface area contributed by atoms with Gasteiger partial charge < -0.3 is 10.1 Å². The quantitative estimate of drug-likeness (QED) is 0.307. The third kappa shape index (κ3) is 4.76. The Hall–Kier alpha value is -4.27. The second kappa shape index (κ2) is 9.65. The molecule has 0 bridgehead atoms. The summed E-state index contributed by atoms with van der Waals surface area (Å²) in [6.07, 6.45) is 4.05. The van der Waals surface area contributed by atoms with Gasteiger partial charge >= 0.3 is 0 Å². The van der Waals surface area contributed by atoms with E-state index >= 15 is 0 Å².